The molecule has 3 rings (SSSR count). The van der Waals surface area contributed by atoms with Crippen LogP contribution in [0.3, 0.4) is 0 Å². The van der Waals surface area contributed by atoms with Crippen molar-refractivity contribution in [2.45, 2.75) is 6.92 Å². The topological polar surface area (TPSA) is 117 Å². The molecule has 10 nitrogen and oxygen atoms in total. The van der Waals surface area contributed by atoms with Gasteiger partial charge in [-0.25, -0.2) is 0 Å². The molecule has 172 valence electrons. The SMILES string of the molecule is Cc1cc(NC(=O)CSCC(=O)N(C)CC(=O)Nc2ccc(N3CCOCC3)cc2)no1. The van der Waals surface area contributed by atoms with Gasteiger partial charge in [0.1, 0.15) is 5.76 Å². The van der Waals surface area contributed by atoms with Crippen molar-refractivity contribution < 1.29 is 23.6 Å². The van der Waals surface area contributed by atoms with E-state index in [4.69, 9.17) is 9.26 Å². The van der Waals surface area contributed by atoms with Crippen LogP contribution in [-0.2, 0) is 19.1 Å². The molecule has 0 radical (unpaired) electrons. The minimum absolute atomic E-state index is 0.0744. The van der Waals surface area contributed by atoms with Crippen molar-refractivity contribution in [1.82, 2.24) is 10.1 Å². The Morgan fingerprint density at radius 3 is 2.47 bits per heavy atom. The third kappa shape index (κ3) is 7.27. The van der Waals surface area contributed by atoms with Crippen LogP contribution < -0.4 is 15.5 Å². The third-order valence-electron chi connectivity index (χ3n) is 4.69. The van der Waals surface area contributed by atoms with Gasteiger partial charge in [-0.05, 0) is 31.2 Å². The molecule has 3 amide bonds. The highest BCUT2D eigenvalue weighted by atomic mass is 32.2. The maximum atomic E-state index is 12.3. The Kier molecular flexibility index (Phi) is 8.51. The Labute approximate surface area is 190 Å². The summed E-state index contributed by atoms with van der Waals surface area (Å²) in [4.78, 5) is 40.0. The zero-order chi connectivity index (χ0) is 22.9. The fourth-order valence-electron chi connectivity index (χ4n) is 3.03. The molecular weight excluding hydrogens is 434 g/mol. The van der Waals surface area contributed by atoms with Gasteiger partial charge in [0.2, 0.25) is 17.7 Å². The number of nitrogens with one attached hydrogen (secondary N) is 2. The van der Waals surface area contributed by atoms with Crippen molar-refractivity contribution in [2.75, 3.05) is 66.9 Å². The number of aromatic nitrogens is 1. The summed E-state index contributed by atoms with van der Waals surface area (Å²) in [5, 5.41) is 9.07. The lowest BCUT2D eigenvalue weighted by atomic mass is 10.2. The molecule has 0 bridgehead atoms. The number of carbonyl (C=O) groups excluding carboxylic acids is 3. The standard InChI is InChI=1S/C21H27N5O5S/c1-15-11-18(24-31-15)23-20(28)13-32-14-21(29)25(2)12-19(27)22-16-3-5-17(6-4-16)26-7-9-30-10-8-26/h3-6,11H,7-10,12-14H2,1-2H3,(H,22,27)(H,23,24,28). The van der Waals surface area contributed by atoms with Crippen molar-refractivity contribution in [3.63, 3.8) is 0 Å². The molecule has 1 aliphatic rings. The number of rotatable bonds is 9. The zero-order valence-electron chi connectivity index (χ0n) is 18.1. The highest BCUT2D eigenvalue weighted by Gasteiger charge is 2.15. The Morgan fingerprint density at radius 1 is 1.09 bits per heavy atom. The number of morpholine rings is 1. The minimum Gasteiger partial charge on any atom is -0.378 e. The first kappa shape index (κ1) is 23.6. The normalized spacial score (nSPS) is 13.5. The number of likely N-dealkylation sites (N-methyl/N-ethyl adjacent to an activating group) is 1. The summed E-state index contributed by atoms with van der Waals surface area (Å²) in [7, 11) is 1.56. The molecule has 2 aromatic rings. The number of carbonyl (C=O) groups is 3. The van der Waals surface area contributed by atoms with Crippen LogP contribution in [0.25, 0.3) is 0 Å². The molecule has 1 aromatic heterocycles. The van der Waals surface area contributed by atoms with E-state index >= 15 is 0 Å². The van der Waals surface area contributed by atoms with Crippen molar-refractivity contribution >= 4 is 46.7 Å². The molecule has 0 unspecified atom stereocenters. The summed E-state index contributed by atoms with van der Waals surface area (Å²) in [6.07, 6.45) is 0. The van der Waals surface area contributed by atoms with E-state index in [0.29, 0.717) is 30.5 Å². The molecule has 11 heteroatoms. The van der Waals surface area contributed by atoms with Gasteiger partial charge in [-0.2, -0.15) is 0 Å². The lowest BCUT2D eigenvalue weighted by Crippen LogP contribution is -2.36. The summed E-state index contributed by atoms with van der Waals surface area (Å²) in [6, 6.07) is 9.21. The first-order chi connectivity index (χ1) is 15.4. The van der Waals surface area contributed by atoms with Crippen molar-refractivity contribution in [3.05, 3.63) is 36.1 Å². The Hall–Kier alpha value is -3.05. The average molecular weight is 462 g/mol. The molecule has 1 aliphatic heterocycles. The zero-order valence-corrected chi connectivity index (χ0v) is 18.9. The van der Waals surface area contributed by atoms with Gasteiger partial charge in [-0.15, -0.1) is 11.8 Å². The molecule has 1 fully saturated rings. The fraction of sp³-hybridized carbons (Fsp3) is 0.429. The second-order valence-corrected chi connectivity index (χ2v) is 8.29. The van der Waals surface area contributed by atoms with Gasteiger partial charge in [-0.1, -0.05) is 5.16 Å². The maximum absolute atomic E-state index is 12.3. The predicted octanol–water partition coefficient (Wildman–Crippen LogP) is 1.59. The number of amides is 3. The van der Waals surface area contributed by atoms with Crippen LogP contribution in [0.15, 0.2) is 34.9 Å². The van der Waals surface area contributed by atoms with Gasteiger partial charge in [-0.3, -0.25) is 14.4 Å². The number of aryl methyl sites for hydroxylation is 1. The second-order valence-electron chi connectivity index (χ2n) is 7.31. The van der Waals surface area contributed by atoms with E-state index in [1.54, 1.807) is 20.0 Å². The van der Waals surface area contributed by atoms with E-state index in [9.17, 15) is 14.4 Å². The van der Waals surface area contributed by atoms with Crippen LogP contribution in [0.1, 0.15) is 5.76 Å². The lowest BCUT2D eigenvalue weighted by molar-refractivity contribution is -0.131. The maximum Gasteiger partial charge on any atom is 0.243 e. The summed E-state index contributed by atoms with van der Waals surface area (Å²) >= 11 is 1.16. The number of anilines is 3. The third-order valence-corrected chi connectivity index (χ3v) is 5.61. The highest BCUT2D eigenvalue weighted by Crippen LogP contribution is 2.19. The van der Waals surface area contributed by atoms with Gasteiger partial charge >= 0.3 is 0 Å². The summed E-state index contributed by atoms with van der Waals surface area (Å²) < 4.78 is 10.2. The van der Waals surface area contributed by atoms with E-state index in [-0.39, 0.29) is 35.8 Å². The number of thioether (sulfide) groups is 1. The molecule has 32 heavy (non-hydrogen) atoms. The molecule has 1 saturated heterocycles. The molecular formula is C21H27N5O5S. The number of hydrogen-bond donors (Lipinski definition) is 2. The summed E-state index contributed by atoms with van der Waals surface area (Å²) in [5.74, 6) is 0.303. The monoisotopic (exact) mass is 461 g/mol. The molecule has 0 spiro atoms. The van der Waals surface area contributed by atoms with Crippen LogP contribution in [0.2, 0.25) is 0 Å². The van der Waals surface area contributed by atoms with Crippen molar-refractivity contribution in [3.8, 4) is 0 Å². The van der Waals surface area contributed by atoms with Gasteiger partial charge in [0.05, 0.1) is 31.3 Å². The summed E-state index contributed by atoms with van der Waals surface area (Å²) in [6.45, 7) is 4.76. The average Bonchev–Trinajstić information content (AvgIpc) is 3.19. The Balaban J connectivity index is 1.36. The van der Waals surface area contributed by atoms with Gasteiger partial charge < -0.3 is 29.7 Å². The number of ether oxygens (including phenoxy) is 1. The van der Waals surface area contributed by atoms with Crippen LogP contribution in [0.5, 0.6) is 0 Å². The molecule has 2 N–H and O–H groups in total. The fourth-order valence-corrected chi connectivity index (χ4v) is 3.78. The van der Waals surface area contributed by atoms with Crippen molar-refractivity contribution in [2.24, 2.45) is 0 Å². The van der Waals surface area contributed by atoms with E-state index in [1.165, 1.54) is 4.90 Å². The van der Waals surface area contributed by atoms with E-state index in [2.05, 4.69) is 20.7 Å². The molecule has 0 aliphatic carbocycles. The van der Waals surface area contributed by atoms with Crippen LogP contribution in [0.4, 0.5) is 17.2 Å². The molecule has 1 aromatic carbocycles. The number of hydrogen-bond acceptors (Lipinski definition) is 8. The quantitative estimate of drug-likeness (QED) is 0.578. The molecule has 0 saturated carbocycles. The highest BCUT2D eigenvalue weighted by molar-refractivity contribution is 8.00. The minimum atomic E-state index is -0.288. The Bertz CT molecular complexity index is 927. The second kappa shape index (κ2) is 11.5. The van der Waals surface area contributed by atoms with Crippen LogP contribution in [-0.4, -0.2) is 79.2 Å². The van der Waals surface area contributed by atoms with E-state index in [1.807, 2.05) is 24.3 Å². The largest absolute Gasteiger partial charge is 0.378 e. The predicted molar refractivity (Wildman–Crippen MR) is 123 cm³/mol. The van der Waals surface area contributed by atoms with Crippen molar-refractivity contribution in [1.29, 1.82) is 0 Å². The lowest BCUT2D eigenvalue weighted by Gasteiger charge is -2.28. The van der Waals surface area contributed by atoms with E-state index in [0.717, 1.165) is 30.5 Å². The first-order valence-corrected chi connectivity index (χ1v) is 11.3. The smallest absolute Gasteiger partial charge is 0.243 e. The van der Waals surface area contributed by atoms with Crippen LogP contribution >= 0.6 is 11.8 Å². The summed E-state index contributed by atoms with van der Waals surface area (Å²) in [5.41, 5.74) is 1.75. The first-order valence-electron chi connectivity index (χ1n) is 10.2. The van der Waals surface area contributed by atoms with E-state index < -0.39 is 0 Å². The number of benzene rings is 1. The van der Waals surface area contributed by atoms with Gasteiger partial charge in [0, 0.05) is 37.6 Å². The van der Waals surface area contributed by atoms with Gasteiger partial charge in [0.15, 0.2) is 5.82 Å². The van der Waals surface area contributed by atoms with Gasteiger partial charge in [0.25, 0.3) is 0 Å². The van der Waals surface area contributed by atoms with Crippen LogP contribution in [0, 0.1) is 6.92 Å². The molecule has 2 heterocycles. The molecule has 0 atom stereocenters. The number of nitrogens with zero attached hydrogens (tertiary/aromatic N) is 3. The Morgan fingerprint density at radius 2 is 1.81 bits per heavy atom.